The quantitative estimate of drug-likeness (QED) is 0.770. The van der Waals surface area contributed by atoms with Gasteiger partial charge >= 0.3 is 0 Å². The van der Waals surface area contributed by atoms with Gasteiger partial charge in [-0.15, -0.1) is 11.6 Å². The van der Waals surface area contributed by atoms with Crippen LogP contribution in [0.25, 0.3) is 0 Å². The van der Waals surface area contributed by atoms with Crippen molar-refractivity contribution < 1.29 is 13.9 Å². The van der Waals surface area contributed by atoms with Crippen LogP contribution in [0.4, 0.5) is 4.39 Å². The van der Waals surface area contributed by atoms with Crippen molar-refractivity contribution in [2.45, 2.75) is 18.4 Å². The fourth-order valence-electron chi connectivity index (χ4n) is 2.23. The molecule has 0 saturated carbocycles. The Labute approximate surface area is 122 Å². The minimum absolute atomic E-state index is 0.233. The Bertz CT molecular complexity index is 630. The number of ether oxygens (including phenoxy) is 2. The second-order valence-corrected chi connectivity index (χ2v) is 5.29. The molecule has 0 aromatic heterocycles. The molecular weight excluding hydrogens is 279 g/mol. The summed E-state index contributed by atoms with van der Waals surface area (Å²) in [7, 11) is 0. The van der Waals surface area contributed by atoms with Gasteiger partial charge in [0.05, 0.1) is 5.38 Å². The number of benzene rings is 2. The SMILES string of the molecule is Cc1cc(C(Cl)C2COc3ccccc3O2)ccc1F. The zero-order chi connectivity index (χ0) is 14.1. The van der Waals surface area contributed by atoms with Crippen LogP contribution in [-0.2, 0) is 0 Å². The van der Waals surface area contributed by atoms with Gasteiger partial charge in [-0.05, 0) is 36.2 Å². The average Bonchev–Trinajstić information content (AvgIpc) is 2.49. The first-order valence-corrected chi connectivity index (χ1v) is 6.87. The van der Waals surface area contributed by atoms with E-state index in [1.165, 1.54) is 6.07 Å². The highest BCUT2D eigenvalue weighted by atomic mass is 35.5. The summed E-state index contributed by atoms with van der Waals surface area (Å²) in [5, 5.41) is -0.386. The molecule has 0 amide bonds. The van der Waals surface area contributed by atoms with Crippen molar-refractivity contribution >= 4 is 11.6 Å². The van der Waals surface area contributed by atoms with E-state index in [4.69, 9.17) is 21.1 Å². The van der Waals surface area contributed by atoms with E-state index >= 15 is 0 Å². The van der Waals surface area contributed by atoms with Crippen LogP contribution in [0.2, 0.25) is 0 Å². The van der Waals surface area contributed by atoms with Crippen LogP contribution in [0.3, 0.4) is 0 Å². The number of fused-ring (bicyclic) bond motifs is 1. The van der Waals surface area contributed by atoms with Gasteiger partial charge in [0.1, 0.15) is 12.4 Å². The molecule has 1 aliphatic rings. The zero-order valence-corrected chi connectivity index (χ0v) is 11.7. The molecule has 2 aromatic carbocycles. The molecule has 0 saturated heterocycles. The third-order valence-corrected chi connectivity index (χ3v) is 3.89. The van der Waals surface area contributed by atoms with Crippen molar-refractivity contribution in [3.8, 4) is 11.5 Å². The van der Waals surface area contributed by atoms with Gasteiger partial charge in [-0.3, -0.25) is 0 Å². The second kappa shape index (κ2) is 5.33. The van der Waals surface area contributed by atoms with Crippen LogP contribution in [0, 0.1) is 12.7 Å². The molecule has 2 aromatic rings. The van der Waals surface area contributed by atoms with Crippen LogP contribution in [0.5, 0.6) is 11.5 Å². The lowest BCUT2D eigenvalue weighted by molar-refractivity contribution is 0.0877. The molecule has 0 spiro atoms. The van der Waals surface area contributed by atoms with Gasteiger partial charge in [-0.1, -0.05) is 24.3 Å². The lowest BCUT2D eigenvalue weighted by atomic mass is 10.0. The van der Waals surface area contributed by atoms with E-state index in [1.807, 2.05) is 24.3 Å². The number of hydrogen-bond acceptors (Lipinski definition) is 2. The molecule has 3 rings (SSSR count). The molecule has 0 radical (unpaired) electrons. The standard InChI is InChI=1S/C16H14ClFO2/c1-10-8-11(6-7-12(10)18)16(17)15-9-19-13-4-2-3-5-14(13)20-15/h2-8,15-16H,9H2,1H3. The second-order valence-electron chi connectivity index (χ2n) is 4.82. The van der Waals surface area contributed by atoms with Gasteiger partial charge in [0.25, 0.3) is 0 Å². The number of hydrogen-bond donors (Lipinski definition) is 0. The first kappa shape index (κ1) is 13.3. The van der Waals surface area contributed by atoms with E-state index in [0.717, 1.165) is 11.3 Å². The molecule has 104 valence electrons. The minimum Gasteiger partial charge on any atom is -0.486 e. The van der Waals surface area contributed by atoms with Crippen molar-refractivity contribution in [1.82, 2.24) is 0 Å². The smallest absolute Gasteiger partial charge is 0.161 e. The Balaban J connectivity index is 1.82. The van der Waals surface area contributed by atoms with Crippen molar-refractivity contribution in [2.75, 3.05) is 6.61 Å². The maximum Gasteiger partial charge on any atom is 0.161 e. The van der Waals surface area contributed by atoms with E-state index in [-0.39, 0.29) is 17.3 Å². The van der Waals surface area contributed by atoms with Crippen LogP contribution in [-0.4, -0.2) is 12.7 Å². The van der Waals surface area contributed by atoms with E-state index in [2.05, 4.69) is 0 Å². The highest BCUT2D eigenvalue weighted by molar-refractivity contribution is 6.21. The molecule has 4 heteroatoms. The largest absolute Gasteiger partial charge is 0.486 e. The molecule has 1 heterocycles. The monoisotopic (exact) mass is 292 g/mol. The molecule has 0 fully saturated rings. The van der Waals surface area contributed by atoms with Gasteiger partial charge in [-0.2, -0.15) is 0 Å². The number of halogens is 2. The Morgan fingerprint density at radius 3 is 2.70 bits per heavy atom. The summed E-state index contributed by atoms with van der Waals surface area (Å²) in [5.41, 5.74) is 1.41. The molecule has 0 N–H and O–H groups in total. The summed E-state index contributed by atoms with van der Waals surface area (Å²) in [6.07, 6.45) is -0.295. The van der Waals surface area contributed by atoms with Crippen LogP contribution < -0.4 is 9.47 Å². The minimum atomic E-state index is -0.386. The number of rotatable bonds is 2. The molecule has 1 aliphatic heterocycles. The Morgan fingerprint density at radius 1 is 1.20 bits per heavy atom. The van der Waals surface area contributed by atoms with Gasteiger partial charge < -0.3 is 9.47 Å². The van der Waals surface area contributed by atoms with Gasteiger partial charge in [0.2, 0.25) is 0 Å². The summed E-state index contributed by atoms with van der Waals surface area (Å²) >= 11 is 6.45. The first-order valence-electron chi connectivity index (χ1n) is 6.44. The number of para-hydroxylation sites is 2. The third kappa shape index (κ3) is 2.46. The maximum atomic E-state index is 13.3. The van der Waals surface area contributed by atoms with Crippen LogP contribution >= 0.6 is 11.6 Å². The fourth-order valence-corrected chi connectivity index (χ4v) is 2.49. The highest BCUT2D eigenvalue weighted by Crippen LogP contribution is 2.36. The van der Waals surface area contributed by atoms with Crippen molar-refractivity contribution in [3.63, 3.8) is 0 Å². The number of aryl methyl sites for hydroxylation is 1. The third-order valence-electron chi connectivity index (χ3n) is 3.36. The molecule has 20 heavy (non-hydrogen) atoms. The number of alkyl halides is 1. The molecule has 2 atom stereocenters. The molecule has 0 bridgehead atoms. The summed E-state index contributed by atoms with van der Waals surface area (Å²) in [6.45, 7) is 2.09. The normalized spacial score (nSPS) is 18.6. The topological polar surface area (TPSA) is 18.5 Å². The summed E-state index contributed by atoms with van der Waals surface area (Å²) in [6, 6.07) is 12.3. The molecule has 2 unspecified atom stereocenters. The molecule has 2 nitrogen and oxygen atoms in total. The van der Waals surface area contributed by atoms with Crippen LogP contribution in [0.15, 0.2) is 42.5 Å². The van der Waals surface area contributed by atoms with Crippen molar-refractivity contribution in [3.05, 3.63) is 59.4 Å². The van der Waals surface area contributed by atoms with Crippen LogP contribution in [0.1, 0.15) is 16.5 Å². The summed E-state index contributed by atoms with van der Waals surface area (Å²) in [4.78, 5) is 0. The Morgan fingerprint density at radius 2 is 1.95 bits per heavy atom. The molecule has 0 aliphatic carbocycles. The summed E-state index contributed by atoms with van der Waals surface area (Å²) in [5.74, 6) is 1.18. The van der Waals surface area contributed by atoms with E-state index in [1.54, 1.807) is 19.1 Å². The lowest BCUT2D eigenvalue weighted by Crippen LogP contribution is -2.32. The Kier molecular flexibility index (Phi) is 3.53. The van der Waals surface area contributed by atoms with Gasteiger partial charge in [-0.25, -0.2) is 4.39 Å². The predicted octanol–water partition coefficient (Wildman–Crippen LogP) is 4.25. The van der Waals surface area contributed by atoms with Crippen molar-refractivity contribution in [1.29, 1.82) is 0 Å². The van der Waals surface area contributed by atoms with Gasteiger partial charge in [0.15, 0.2) is 17.6 Å². The summed E-state index contributed by atoms with van der Waals surface area (Å²) < 4.78 is 24.8. The van der Waals surface area contributed by atoms with E-state index in [9.17, 15) is 4.39 Å². The van der Waals surface area contributed by atoms with Gasteiger partial charge in [0, 0.05) is 0 Å². The van der Waals surface area contributed by atoms with Crippen molar-refractivity contribution in [2.24, 2.45) is 0 Å². The molecular formula is C16H14ClFO2. The van der Waals surface area contributed by atoms with E-state index < -0.39 is 0 Å². The first-order chi connectivity index (χ1) is 9.65. The fraction of sp³-hybridized carbons (Fsp3) is 0.250. The van der Waals surface area contributed by atoms with E-state index in [0.29, 0.717) is 17.9 Å². The lowest BCUT2D eigenvalue weighted by Gasteiger charge is -2.29. The zero-order valence-electron chi connectivity index (χ0n) is 11.0. The Hall–Kier alpha value is -1.74. The predicted molar refractivity (Wildman–Crippen MR) is 76.1 cm³/mol. The maximum absolute atomic E-state index is 13.3. The highest BCUT2D eigenvalue weighted by Gasteiger charge is 2.28. The average molecular weight is 293 g/mol.